The molecule has 2 bridgehead atoms. The summed E-state index contributed by atoms with van der Waals surface area (Å²) >= 11 is 6.32. The Labute approximate surface area is 113 Å². The quantitative estimate of drug-likeness (QED) is 0.791. The molecule has 2 atom stereocenters. The maximum atomic E-state index is 6.32. The maximum Gasteiger partial charge on any atom is 0.141 e. The molecule has 100 valence electrons. The molecule has 5 heteroatoms. The fourth-order valence-electron chi connectivity index (χ4n) is 3.45. The predicted octanol–water partition coefficient (Wildman–Crippen LogP) is 2.59. The molecule has 1 aromatic rings. The lowest BCUT2D eigenvalue weighted by Gasteiger charge is -2.36. The first-order chi connectivity index (χ1) is 8.65. The van der Waals surface area contributed by atoms with Crippen LogP contribution in [0, 0.1) is 0 Å². The summed E-state index contributed by atoms with van der Waals surface area (Å²) < 4.78 is 2.03. The molecule has 2 aliphatic heterocycles. The minimum atomic E-state index is 0.377. The van der Waals surface area contributed by atoms with Crippen LogP contribution in [0.3, 0.4) is 0 Å². The average Bonchev–Trinajstić information content (AvgIpc) is 2.85. The van der Waals surface area contributed by atoms with Gasteiger partial charge in [0.05, 0.1) is 6.54 Å². The second-order valence-corrected chi connectivity index (χ2v) is 6.46. The standard InChI is InChI=1S/C13H21ClN4/c1-9(2)18-13(15-8-16-18)7-17-11-3-4-12(17)6-10(14)5-11/h8-12H,3-7H2,1-2H3. The summed E-state index contributed by atoms with van der Waals surface area (Å²) in [4.78, 5) is 7.02. The van der Waals surface area contributed by atoms with Gasteiger partial charge in [-0.15, -0.1) is 11.6 Å². The van der Waals surface area contributed by atoms with E-state index < -0.39 is 0 Å². The molecule has 0 aliphatic carbocycles. The summed E-state index contributed by atoms with van der Waals surface area (Å²) in [6.45, 7) is 5.23. The van der Waals surface area contributed by atoms with E-state index in [0.29, 0.717) is 23.5 Å². The van der Waals surface area contributed by atoms with Crippen LogP contribution in [0.15, 0.2) is 6.33 Å². The third kappa shape index (κ3) is 2.16. The lowest BCUT2D eigenvalue weighted by Crippen LogP contribution is -2.43. The number of fused-ring (bicyclic) bond motifs is 2. The maximum absolute atomic E-state index is 6.32. The van der Waals surface area contributed by atoms with Gasteiger partial charge in [0.25, 0.3) is 0 Å². The van der Waals surface area contributed by atoms with Crippen molar-refractivity contribution in [2.75, 3.05) is 0 Å². The van der Waals surface area contributed by atoms with Crippen molar-refractivity contribution in [3.8, 4) is 0 Å². The van der Waals surface area contributed by atoms with E-state index in [1.54, 1.807) is 6.33 Å². The van der Waals surface area contributed by atoms with Crippen molar-refractivity contribution in [3.05, 3.63) is 12.2 Å². The summed E-state index contributed by atoms with van der Waals surface area (Å²) in [6.07, 6.45) is 6.53. The molecule has 0 amide bonds. The molecule has 1 aromatic heterocycles. The van der Waals surface area contributed by atoms with Crippen molar-refractivity contribution in [3.63, 3.8) is 0 Å². The van der Waals surface area contributed by atoms with Crippen LogP contribution in [0.25, 0.3) is 0 Å². The lowest BCUT2D eigenvalue weighted by molar-refractivity contribution is 0.128. The van der Waals surface area contributed by atoms with E-state index in [9.17, 15) is 0 Å². The van der Waals surface area contributed by atoms with Crippen molar-refractivity contribution < 1.29 is 0 Å². The molecule has 0 aromatic carbocycles. The minimum Gasteiger partial charge on any atom is -0.290 e. The van der Waals surface area contributed by atoms with Crippen LogP contribution in [0.1, 0.15) is 51.4 Å². The first-order valence-electron chi connectivity index (χ1n) is 6.93. The molecular formula is C13H21ClN4. The van der Waals surface area contributed by atoms with Gasteiger partial charge in [-0.3, -0.25) is 4.90 Å². The first kappa shape index (κ1) is 12.4. The molecule has 2 fully saturated rings. The van der Waals surface area contributed by atoms with Crippen LogP contribution in [0.4, 0.5) is 0 Å². The van der Waals surface area contributed by atoms with Gasteiger partial charge in [0.2, 0.25) is 0 Å². The highest BCUT2D eigenvalue weighted by atomic mass is 35.5. The Morgan fingerprint density at radius 2 is 2.00 bits per heavy atom. The Kier molecular flexibility index (Phi) is 3.32. The smallest absolute Gasteiger partial charge is 0.141 e. The highest BCUT2D eigenvalue weighted by Crippen LogP contribution is 2.38. The summed E-state index contributed by atoms with van der Waals surface area (Å²) in [5.74, 6) is 1.09. The molecule has 2 unspecified atom stereocenters. The number of alkyl halides is 1. The molecule has 3 rings (SSSR count). The molecular weight excluding hydrogens is 248 g/mol. The first-order valence-corrected chi connectivity index (χ1v) is 7.37. The van der Waals surface area contributed by atoms with Crippen LogP contribution in [0.5, 0.6) is 0 Å². The average molecular weight is 269 g/mol. The number of hydrogen-bond acceptors (Lipinski definition) is 3. The molecule has 0 N–H and O–H groups in total. The van der Waals surface area contributed by atoms with Gasteiger partial charge in [-0.05, 0) is 39.5 Å². The fraction of sp³-hybridized carbons (Fsp3) is 0.846. The van der Waals surface area contributed by atoms with Gasteiger partial charge in [-0.2, -0.15) is 5.10 Å². The Hall–Kier alpha value is -0.610. The summed E-state index contributed by atoms with van der Waals surface area (Å²) in [5.41, 5.74) is 0. The van der Waals surface area contributed by atoms with E-state index in [1.807, 2.05) is 4.68 Å². The Morgan fingerprint density at radius 3 is 2.61 bits per heavy atom. The molecule has 0 spiro atoms. The monoisotopic (exact) mass is 268 g/mol. The van der Waals surface area contributed by atoms with Crippen LogP contribution >= 0.6 is 11.6 Å². The predicted molar refractivity (Wildman–Crippen MR) is 71.6 cm³/mol. The number of hydrogen-bond donors (Lipinski definition) is 0. The van der Waals surface area contributed by atoms with E-state index in [4.69, 9.17) is 11.6 Å². The highest BCUT2D eigenvalue weighted by Gasteiger charge is 2.40. The van der Waals surface area contributed by atoms with E-state index in [-0.39, 0.29) is 0 Å². The largest absolute Gasteiger partial charge is 0.290 e. The zero-order valence-corrected chi connectivity index (χ0v) is 11.8. The molecule has 3 heterocycles. The molecule has 2 saturated heterocycles. The van der Waals surface area contributed by atoms with Gasteiger partial charge in [0, 0.05) is 23.5 Å². The molecule has 18 heavy (non-hydrogen) atoms. The Balaban J connectivity index is 1.75. The van der Waals surface area contributed by atoms with Gasteiger partial charge >= 0.3 is 0 Å². The van der Waals surface area contributed by atoms with Crippen LogP contribution in [-0.4, -0.2) is 37.1 Å². The Morgan fingerprint density at radius 1 is 1.33 bits per heavy atom. The minimum absolute atomic E-state index is 0.377. The van der Waals surface area contributed by atoms with Gasteiger partial charge in [0.1, 0.15) is 12.2 Å². The third-order valence-corrected chi connectivity index (χ3v) is 4.64. The van der Waals surface area contributed by atoms with E-state index in [1.165, 1.54) is 12.8 Å². The lowest BCUT2D eigenvalue weighted by atomic mass is 10.0. The topological polar surface area (TPSA) is 34.0 Å². The van der Waals surface area contributed by atoms with Crippen molar-refractivity contribution >= 4 is 11.6 Å². The van der Waals surface area contributed by atoms with Crippen LogP contribution < -0.4 is 0 Å². The summed E-state index contributed by atoms with van der Waals surface area (Å²) in [7, 11) is 0. The van der Waals surface area contributed by atoms with Crippen molar-refractivity contribution in [2.24, 2.45) is 0 Å². The van der Waals surface area contributed by atoms with Crippen LogP contribution in [0.2, 0.25) is 0 Å². The van der Waals surface area contributed by atoms with E-state index >= 15 is 0 Å². The number of halogens is 1. The Bertz CT molecular complexity index is 403. The molecule has 0 saturated carbocycles. The van der Waals surface area contributed by atoms with Gasteiger partial charge in [0.15, 0.2) is 0 Å². The molecule has 4 nitrogen and oxygen atoms in total. The van der Waals surface area contributed by atoms with Crippen LogP contribution in [-0.2, 0) is 6.54 Å². The number of piperidine rings is 1. The molecule has 0 radical (unpaired) electrons. The normalized spacial score (nSPS) is 32.3. The van der Waals surface area contributed by atoms with Gasteiger partial charge < -0.3 is 0 Å². The third-order valence-electron chi connectivity index (χ3n) is 4.29. The van der Waals surface area contributed by atoms with Gasteiger partial charge in [-0.25, -0.2) is 9.67 Å². The zero-order chi connectivity index (χ0) is 12.7. The van der Waals surface area contributed by atoms with E-state index in [2.05, 4.69) is 28.8 Å². The second kappa shape index (κ2) is 4.82. The molecule has 2 aliphatic rings. The highest BCUT2D eigenvalue weighted by molar-refractivity contribution is 6.20. The van der Waals surface area contributed by atoms with Gasteiger partial charge in [-0.1, -0.05) is 0 Å². The second-order valence-electron chi connectivity index (χ2n) is 5.84. The fourth-order valence-corrected chi connectivity index (χ4v) is 3.86. The zero-order valence-electron chi connectivity index (χ0n) is 11.1. The number of nitrogens with zero attached hydrogens (tertiary/aromatic N) is 4. The van der Waals surface area contributed by atoms with Crippen molar-refractivity contribution in [1.82, 2.24) is 19.7 Å². The number of aromatic nitrogens is 3. The summed E-state index contributed by atoms with van der Waals surface area (Å²) in [6, 6.07) is 1.69. The summed E-state index contributed by atoms with van der Waals surface area (Å²) in [5, 5.41) is 4.70. The van der Waals surface area contributed by atoms with E-state index in [0.717, 1.165) is 25.2 Å². The SMILES string of the molecule is CC(C)n1ncnc1CN1C2CCC1CC(Cl)C2. The van der Waals surface area contributed by atoms with Crippen molar-refractivity contribution in [2.45, 2.75) is 69.6 Å². The van der Waals surface area contributed by atoms with Crippen molar-refractivity contribution in [1.29, 1.82) is 0 Å². The number of rotatable bonds is 3.